The molecule has 2 aromatic rings. The predicted molar refractivity (Wildman–Crippen MR) is 90.1 cm³/mol. The van der Waals surface area contributed by atoms with Gasteiger partial charge >= 0.3 is 0 Å². The monoisotopic (exact) mass is 414 g/mol. The summed E-state index contributed by atoms with van der Waals surface area (Å²) in [4.78, 5) is 11.5. The summed E-state index contributed by atoms with van der Waals surface area (Å²) in [6, 6.07) is 7.90. The molecule has 9 heteroatoms. The summed E-state index contributed by atoms with van der Waals surface area (Å²) in [5.74, 6) is -0.514. The average Bonchev–Trinajstić information content (AvgIpc) is 2.66. The minimum Gasteiger partial charge on any atom is -0.491 e. The number of carbonyl (C=O) groups excluding carboxylic acids is 1. The van der Waals surface area contributed by atoms with Crippen molar-refractivity contribution in [2.24, 2.45) is 0 Å². The highest BCUT2D eigenvalue weighted by molar-refractivity contribution is 9.10. The quantitative estimate of drug-likeness (QED) is 0.807. The molecule has 0 fully saturated rings. The van der Waals surface area contributed by atoms with Gasteiger partial charge < -0.3 is 10.1 Å². The van der Waals surface area contributed by atoms with Gasteiger partial charge in [-0.2, -0.15) is 0 Å². The Morgan fingerprint density at radius 2 is 2.04 bits per heavy atom. The van der Waals surface area contributed by atoms with E-state index in [1.54, 1.807) is 0 Å². The summed E-state index contributed by atoms with van der Waals surface area (Å²) in [5.41, 5.74) is 0.486. The molecule has 0 saturated heterocycles. The Kier molecular flexibility index (Phi) is 4.46. The molecule has 1 heterocycles. The van der Waals surface area contributed by atoms with E-state index in [1.165, 1.54) is 30.3 Å². The van der Waals surface area contributed by atoms with Crippen LogP contribution in [0.1, 0.15) is 6.42 Å². The summed E-state index contributed by atoms with van der Waals surface area (Å²) in [6.07, 6.45) is 0.177. The molecule has 2 N–H and O–H groups in total. The third kappa shape index (κ3) is 3.51. The molecule has 1 aliphatic heterocycles. The lowest BCUT2D eigenvalue weighted by Crippen LogP contribution is -2.14. The molecule has 0 unspecified atom stereocenters. The van der Waals surface area contributed by atoms with Crippen LogP contribution >= 0.6 is 15.9 Å². The maximum Gasteiger partial charge on any atom is 0.263 e. The number of ether oxygens (including phenoxy) is 1. The van der Waals surface area contributed by atoms with E-state index in [2.05, 4.69) is 26.0 Å². The third-order valence-electron chi connectivity index (χ3n) is 3.26. The van der Waals surface area contributed by atoms with E-state index in [9.17, 15) is 17.6 Å². The van der Waals surface area contributed by atoms with Gasteiger partial charge in [0.05, 0.1) is 24.4 Å². The molecule has 2 aromatic carbocycles. The molecule has 0 atom stereocenters. The van der Waals surface area contributed by atoms with Crippen LogP contribution in [0.4, 0.5) is 15.8 Å². The first-order valence-electron chi connectivity index (χ1n) is 6.90. The van der Waals surface area contributed by atoms with Crippen LogP contribution in [0, 0.1) is 5.82 Å². The molecule has 1 amide bonds. The Morgan fingerprint density at radius 1 is 1.25 bits per heavy atom. The first kappa shape index (κ1) is 16.7. The molecule has 24 heavy (non-hydrogen) atoms. The second kappa shape index (κ2) is 6.40. The lowest BCUT2D eigenvalue weighted by molar-refractivity contribution is -0.116. The Morgan fingerprint density at radius 3 is 2.79 bits per heavy atom. The Hall–Kier alpha value is -2.13. The average molecular weight is 415 g/mol. The van der Waals surface area contributed by atoms with Crippen molar-refractivity contribution < 1.29 is 22.3 Å². The van der Waals surface area contributed by atoms with Crippen molar-refractivity contribution in [2.45, 2.75) is 11.3 Å². The summed E-state index contributed by atoms with van der Waals surface area (Å²) in [5, 5.41) is 2.64. The normalized spacial score (nSPS) is 14.2. The van der Waals surface area contributed by atoms with Crippen molar-refractivity contribution in [3.05, 3.63) is 46.7 Å². The minimum absolute atomic E-state index is 0.0818. The zero-order chi connectivity index (χ0) is 17.3. The maximum atomic E-state index is 13.2. The number of amides is 1. The van der Waals surface area contributed by atoms with Gasteiger partial charge in [0.25, 0.3) is 10.0 Å². The Labute approximate surface area is 146 Å². The van der Waals surface area contributed by atoms with Crippen molar-refractivity contribution in [1.82, 2.24) is 0 Å². The van der Waals surface area contributed by atoms with Crippen LogP contribution in [0.2, 0.25) is 0 Å². The number of halogens is 2. The first-order chi connectivity index (χ1) is 11.3. The molecule has 6 nitrogen and oxygen atoms in total. The van der Waals surface area contributed by atoms with Crippen LogP contribution in [0.5, 0.6) is 5.75 Å². The molecule has 126 valence electrons. The van der Waals surface area contributed by atoms with Crippen molar-refractivity contribution in [3.8, 4) is 5.75 Å². The molecule has 0 radical (unpaired) electrons. The highest BCUT2D eigenvalue weighted by Gasteiger charge is 2.23. The van der Waals surface area contributed by atoms with E-state index < -0.39 is 15.8 Å². The summed E-state index contributed by atoms with van der Waals surface area (Å²) < 4.78 is 46.3. The zero-order valence-electron chi connectivity index (χ0n) is 12.2. The van der Waals surface area contributed by atoms with Gasteiger partial charge in [-0.05, 0) is 40.2 Å². The third-order valence-corrected chi connectivity index (χ3v) is 5.60. The van der Waals surface area contributed by atoms with Gasteiger partial charge in [-0.1, -0.05) is 6.07 Å². The highest BCUT2D eigenvalue weighted by atomic mass is 79.9. The molecule has 0 aliphatic carbocycles. The number of hydrogen-bond donors (Lipinski definition) is 2. The summed E-state index contributed by atoms with van der Waals surface area (Å²) in [7, 11) is -3.98. The van der Waals surface area contributed by atoms with Gasteiger partial charge in [-0.25, -0.2) is 12.8 Å². The van der Waals surface area contributed by atoms with Crippen molar-refractivity contribution in [2.75, 3.05) is 16.6 Å². The summed E-state index contributed by atoms with van der Waals surface area (Å²) in [6.45, 7) is 0.150. The van der Waals surface area contributed by atoms with Crippen molar-refractivity contribution in [3.63, 3.8) is 0 Å². The molecule has 1 aliphatic rings. The van der Waals surface area contributed by atoms with E-state index in [0.717, 1.165) is 6.07 Å². The Bertz CT molecular complexity index is 918. The standard InChI is InChI=1S/C15H12BrFN2O4S/c16-11-7-12-13(23-5-4-15(20)18-12)8-14(11)24(21,22)19-10-3-1-2-9(17)6-10/h1-3,6-8,19H,4-5H2,(H,18,20). The molecule has 3 rings (SSSR count). The lowest BCUT2D eigenvalue weighted by Gasteiger charge is -2.13. The number of nitrogens with one attached hydrogen (secondary N) is 2. The highest BCUT2D eigenvalue weighted by Crippen LogP contribution is 2.36. The number of fused-ring (bicyclic) bond motifs is 1. The number of hydrogen-bond acceptors (Lipinski definition) is 4. The Balaban J connectivity index is 1.99. The molecule has 0 saturated carbocycles. The second-order valence-corrected chi connectivity index (χ2v) is 7.55. The minimum atomic E-state index is -3.98. The second-order valence-electron chi connectivity index (χ2n) is 5.04. The molecular weight excluding hydrogens is 403 g/mol. The van der Waals surface area contributed by atoms with Gasteiger partial charge in [0.2, 0.25) is 5.91 Å². The number of rotatable bonds is 3. The molecule has 0 aromatic heterocycles. The largest absolute Gasteiger partial charge is 0.491 e. The topological polar surface area (TPSA) is 84.5 Å². The fourth-order valence-corrected chi connectivity index (χ4v) is 4.29. The van der Waals surface area contributed by atoms with E-state index >= 15 is 0 Å². The predicted octanol–water partition coefficient (Wildman–Crippen LogP) is 3.11. The zero-order valence-corrected chi connectivity index (χ0v) is 14.6. The van der Waals surface area contributed by atoms with Crippen molar-refractivity contribution in [1.29, 1.82) is 0 Å². The first-order valence-corrected chi connectivity index (χ1v) is 9.17. The van der Waals surface area contributed by atoms with Crippen LogP contribution in [0.25, 0.3) is 0 Å². The van der Waals surface area contributed by atoms with Gasteiger partial charge in [-0.3, -0.25) is 9.52 Å². The van der Waals surface area contributed by atoms with Crippen molar-refractivity contribution >= 4 is 43.2 Å². The summed E-state index contributed by atoms with van der Waals surface area (Å²) >= 11 is 3.18. The van der Waals surface area contributed by atoms with Crippen LogP contribution in [0.15, 0.2) is 45.8 Å². The van der Waals surface area contributed by atoms with E-state index in [4.69, 9.17) is 4.74 Å². The number of anilines is 2. The van der Waals surface area contributed by atoms with Crippen LogP contribution in [0.3, 0.4) is 0 Å². The fourth-order valence-electron chi connectivity index (χ4n) is 2.19. The van der Waals surface area contributed by atoms with Gasteiger partial charge in [0.15, 0.2) is 0 Å². The van der Waals surface area contributed by atoms with E-state index in [0.29, 0.717) is 5.69 Å². The number of sulfonamides is 1. The molecular formula is C15H12BrFN2O4S. The van der Waals surface area contributed by atoms with Gasteiger partial charge in [0, 0.05) is 10.5 Å². The van der Waals surface area contributed by atoms with Gasteiger partial charge in [0.1, 0.15) is 16.5 Å². The molecule has 0 bridgehead atoms. The number of carbonyl (C=O) groups is 1. The van der Waals surface area contributed by atoms with E-state index in [1.807, 2.05) is 0 Å². The number of benzene rings is 2. The SMILES string of the molecule is O=C1CCOc2cc(S(=O)(=O)Nc3cccc(F)c3)c(Br)cc2N1. The van der Waals surface area contributed by atoms with Crippen LogP contribution < -0.4 is 14.8 Å². The lowest BCUT2D eigenvalue weighted by atomic mass is 10.3. The fraction of sp³-hybridized carbons (Fsp3) is 0.133. The van der Waals surface area contributed by atoms with E-state index in [-0.39, 0.29) is 39.7 Å². The van der Waals surface area contributed by atoms with Crippen LogP contribution in [-0.2, 0) is 14.8 Å². The molecule has 0 spiro atoms. The van der Waals surface area contributed by atoms with Gasteiger partial charge in [-0.15, -0.1) is 0 Å². The van der Waals surface area contributed by atoms with Crippen LogP contribution in [-0.4, -0.2) is 20.9 Å². The smallest absolute Gasteiger partial charge is 0.263 e. The maximum absolute atomic E-state index is 13.2.